The minimum atomic E-state index is 0.545. The third-order valence-corrected chi connectivity index (χ3v) is 5.52. The minimum absolute atomic E-state index is 0.545. The van der Waals surface area contributed by atoms with Gasteiger partial charge in [-0.05, 0) is 66.3 Å². The van der Waals surface area contributed by atoms with Crippen LogP contribution >= 0.6 is 0 Å². The lowest BCUT2D eigenvalue weighted by atomic mass is 9.86. The molecular formula is C20H25N. The molecule has 0 saturated heterocycles. The Morgan fingerprint density at radius 3 is 2.57 bits per heavy atom. The molecule has 21 heavy (non-hydrogen) atoms. The molecule has 2 aromatic carbocycles. The fraction of sp³-hybridized carbons (Fsp3) is 0.500. The van der Waals surface area contributed by atoms with Crippen LogP contribution in [0.3, 0.4) is 0 Å². The number of benzene rings is 2. The Kier molecular flexibility index (Phi) is 3.46. The molecule has 2 fully saturated rings. The van der Waals surface area contributed by atoms with E-state index in [2.05, 4.69) is 54.7 Å². The predicted octanol–water partition coefficient (Wildman–Crippen LogP) is 4.93. The van der Waals surface area contributed by atoms with E-state index >= 15 is 0 Å². The van der Waals surface area contributed by atoms with Gasteiger partial charge in [0.2, 0.25) is 0 Å². The summed E-state index contributed by atoms with van der Waals surface area (Å²) in [7, 11) is 0. The first-order valence-electron chi connectivity index (χ1n) is 8.58. The molecule has 0 spiro atoms. The molecule has 3 unspecified atom stereocenters. The van der Waals surface area contributed by atoms with Crippen molar-refractivity contribution in [1.82, 2.24) is 5.32 Å². The van der Waals surface area contributed by atoms with Gasteiger partial charge in [0.15, 0.2) is 0 Å². The highest BCUT2D eigenvalue weighted by molar-refractivity contribution is 5.86. The van der Waals surface area contributed by atoms with Crippen molar-refractivity contribution in [3.05, 3.63) is 48.0 Å². The minimum Gasteiger partial charge on any atom is -0.310 e. The Morgan fingerprint density at radius 2 is 1.76 bits per heavy atom. The summed E-state index contributed by atoms with van der Waals surface area (Å²) in [6.45, 7) is 3.39. The molecule has 2 aliphatic rings. The highest BCUT2D eigenvalue weighted by Crippen LogP contribution is 2.57. The van der Waals surface area contributed by atoms with Gasteiger partial charge in [0.05, 0.1) is 0 Å². The second-order valence-corrected chi connectivity index (χ2v) is 6.99. The number of hydrogen-bond acceptors (Lipinski definition) is 1. The molecule has 4 rings (SSSR count). The largest absolute Gasteiger partial charge is 0.310 e. The summed E-state index contributed by atoms with van der Waals surface area (Å²) in [5.41, 5.74) is 1.52. The van der Waals surface area contributed by atoms with Crippen molar-refractivity contribution in [2.24, 2.45) is 17.8 Å². The first-order chi connectivity index (χ1) is 10.4. The molecule has 0 aliphatic heterocycles. The summed E-state index contributed by atoms with van der Waals surface area (Å²) in [4.78, 5) is 0. The van der Waals surface area contributed by atoms with Crippen LogP contribution in [0.4, 0.5) is 0 Å². The van der Waals surface area contributed by atoms with Gasteiger partial charge in [0, 0.05) is 6.04 Å². The fourth-order valence-electron chi connectivity index (χ4n) is 4.39. The molecule has 2 saturated carbocycles. The Hall–Kier alpha value is -1.34. The normalized spacial score (nSPS) is 28.5. The van der Waals surface area contributed by atoms with Gasteiger partial charge in [0.25, 0.3) is 0 Å². The summed E-state index contributed by atoms with van der Waals surface area (Å²) in [5.74, 6) is 2.94. The van der Waals surface area contributed by atoms with Crippen molar-refractivity contribution in [3.63, 3.8) is 0 Å². The van der Waals surface area contributed by atoms with Crippen LogP contribution in [0.15, 0.2) is 42.5 Å². The number of nitrogens with one attached hydrogen (secondary N) is 1. The average molecular weight is 279 g/mol. The van der Waals surface area contributed by atoms with Gasteiger partial charge in [-0.25, -0.2) is 0 Å². The van der Waals surface area contributed by atoms with Crippen molar-refractivity contribution in [3.8, 4) is 0 Å². The SMILES string of the molecule is CCCNC(c1cccc2ccccc12)C1CC2CC2C1. The zero-order chi connectivity index (χ0) is 14.2. The molecule has 0 aromatic heterocycles. The highest BCUT2D eigenvalue weighted by atomic mass is 14.9. The summed E-state index contributed by atoms with van der Waals surface area (Å²) < 4.78 is 0. The van der Waals surface area contributed by atoms with Crippen LogP contribution in [-0.2, 0) is 0 Å². The van der Waals surface area contributed by atoms with E-state index in [-0.39, 0.29) is 0 Å². The van der Waals surface area contributed by atoms with Crippen LogP contribution in [-0.4, -0.2) is 6.54 Å². The van der Waals surface area contributed by atoms with Crippen molar-refractivity contribution in [2.75, 3.05) is 6.54 Å². The lowest BCUT2D eigenvalue weighted by molar-refractivity contribution is 0.343. The topological polar surface area (TPSA) is 12.0 Å². The Balaban J connectivity index is 1.70. The molecule has 1 N–H and O–H groups in total. The summed E-state index contributed by atoms with van der Waals surface area (Å²) in [6.07, 6.45) is 5.60. The molecule has 0 amide bonds. The molecule has 0 radical (unpaired) electrons. The molecule has 0 heterocycles. The second-order valence-electron chi connectivity index (χ2n) is 6.99. The first-order valence-corrected chi connectivity index (χ1v) is 8.58. The maximum atomic E-state index is 3.86. The van der Waals surface area contributed by atoms with Gasteiger partial charge in [-0.15, -0.1) is 0 Å². The molecule has 3 atom stereocenters. The summed E-state index contributed by atoms with van der Waals surface area (Å²) in [5, 5.41) is 6.68. The molecule has 110 valence electrons. The van der Waals surface area contributed by atoms with E-state index in [1.807, 2.05) is 0 Å². The Labute approximate surface area is 127 Å². The highest BCUT2D eigenvalue weighted by Gasteiger charge is 2.48. The van der Waals surface area contributed by atoms with Crippen LogP contribution in [0.25, 0.3) is 10.8 Å². The van der Waals surface area contributed by atoms with Gasteiger partial charge >= 0.3 is 0 Å². The quantitative estimate of drug-likeness (QED) is 0.818. The lowest BCUT2D eigenvalue weighted by Crippen LogP contribution is -2.28. The van der Waals surface area contributed by atoms with Crippen LogP contribution < -0.4 is 5.32 Å². The van der Waals surface area contributed by atoms with Crippen LogP contribution in [0.1, 0.15) is 44.2 Å². The standard InChI is InChI=1S/C20H25N/c1-2-10-21-20(17-12-15-11-16(15)13-17)19-9-5-7-14-6-3-4-8-18(14)19/h3-9,15-17,20-21H,2,10-13H2,1H3. The lowest BCUT2D eigenvalue weighted by Gasteiger charge is -2.27. The van der Waals surface area contributed by atoms with Crippen molar-refractivity contribution < 1.29 is 0 Å². The van der Waals surface area contributed by atoms with Crippen LogP contribution in [0.2, 0.25) is 0 Å². The Bertz CT molecular complexity index is 617. The van der Waals surface area contributed by atoms with Gasteiger partial charge in [-0.2, -0.15) is 0 Å². The monoisotopic (exact) mass is 279 g/mol. The van der Waals surface area contributed by atoms with Crippen LogP contribution in [0, 0.1) is 17.8 Å². The van der Waals surface area contributed by atoms with Crippen molar-refractivity contribution in [2.45, 2.75) is 38.6 Å². The van der Waals surface area contributed by atoms with E-state index in [9.17, 15) is 0 Å². The zero-order valence-electron chi connectivity index (χ0n) is 12.9. The number of hydrogen-bond donors (Lipinski definition) is 1. The molecular weight excluding hydrogens is 254 g/mol. The van der Waals surface area contributed by atoms with Gasteiger partial charge in [0.1, 0.15) is 0 Å². The molecule has 0 bridgehead atoms. The van der Waals surface area contributed by atoms with E-state index in [0.717, 1.165) is 24.3 Å². The summed E-state index contributed by atoms with van der Waals surface area (Å²) in [6, 6.07) is 16.2. The second kappa shape index (κ2) is 5.46. The number of rotatable bonds is 5. The first kappa shape index (κ1) is 13.3. The van der Waals surface area contributed by atoms with E-state index in [1.165, 1.54) is 42.0 Å². The smallest absolute Gasteiger partial charge is 0.0355 e. The third kappa shape index (κ3) is 2.48. The van der Waals surface area contributed by atoms with E-state index in [1.54, 1.807) is 0 Å². The third-order valence-electron chi connectivity index (χ3n) is 5.52. The molecule has 2 aliphatic carbocycles. The van der Waals surface area contributed by atoms with Crippen LogP contribution in [0.5, 0.6) is 0 Å². The maximum absolute atomic E-state index is 3.86. The predicted molar refractivity (Wildman–Crippen MR) is 89.3 cm³/mol. The summed E-state index contributed by atoms with van der Waals surface area (Å²) >= 11 is 0. The van der Waals surface area contributed by atoms with E-state index < -0.39 is 0 Å². The fourth-order valence-corrected chi connectivity index (χ4v) is 4.39. The average Bonchev–Trinajstić information content (AvgIpc) is 3.14. The van der Waals surface area contributed by atoms with Gasteiger partial charge in [-0.3, -0.25) is 0 Å². The van der Waals surface area contributed by atoms with E-state index in [0.29, 0.717) is 6.04 Å². The van der Waals surface area contributed by atoms with Gasteiger partial charge in [-0.1, -0.05) is 49.4 Å². The zero-order valence-corrected chi connectivity index (χ0v) is 12.9. The molecule has 2 aromatic rings. The Morgan fingerprint density at radius 1 is 1.00 bits per heavy atom. The van der Waals surface area contributed by atoms with Crippen molar-refractivity contribution >= 4 is 10.8 Å². The van der Waals surface area contributed by atoms with Gasteiger partial charge < -0.3 is 5.32 Å². The molecule has 1 nitrogen and oxygen atoms in total. The van der Waals surface area contributed by atoms with Crippen molar-refractivity contribution in [1.29, 1.82) is 0 Å². The molecule has 1 heteroatoms. The number of fused-ring (bicyclic) bond motifs is 2. The van der Waals surface area contributed by atoms with E-state index in [4.69, 9.17) is 0 Å². The maximum Gasteiger partial charge on any atom is 0.0355 e.